The number of hydrazine groups is 1. The van der Waals surface area contributed by atoms with E-state index in [4.69, 9.17) is 0 Å². The van der Waals surface area contributed by atoms with E-state index in [9.17, 15) is 9.59 Å². The summed E-state index contributed by atoms with van der Waals surface area (Å²) in [7, 11) is 0. The van der Waals surface area contributed by atoms with E-state index in [1.165, 1.54) is 49.5 Å². The van der Waals surface area contributed by atoms with Crippen LogP contribution in [0, 0.1) is 17.8 Å². The predicted molar refractivity (Wildman–Crippen MR) is 123 cm³/mol. The fourth-order valence-corrected chi connectivity index (χ4v) is 7.01. The van der Waals surface area contributed by atoms with E-state index in [1.807, 2.05) is 24.3 Å². The lowest BCUT2D eigenvalue weighted by Crippen LogP contribution is -2.48. The van der Waals surface area contributed by atoms with E-state index in [2.05, 4.69) is 28.0 Å². The van der Waals surface area contributed by atoms with Gasteiger partial charge in [0, 0.05) is 10.9 Å². The zero-order chi connectivity index (χ0) is 21.7. The molecule has 5 nitrogen and oxygen atoms in total. The molecule has 0 radical (unpaired) electrons. The van der Waals surface area contributed by atoms with Gasteiger partial charge in [0.15, 0.2) is 0 Å². The molecule has 0 aliphatic heterocycles. The average Bonchev–Trinajstić information content (AvgIpc) is 2.81. The Hall–Kier alpha value is -3.21. The van der Waals surface area contributed by atoms with Crippen molar-refractivity contribution in [2.24, 2.45) is 17.8 Å². The first-order valence-electron chi connectivity index (χ1n) is 11.7. The van der Waals surface area contributed by atoms with E-state index in [-0.39, 0.29) is 17.2 Å². The molecule has 4 aliphatic rings. The summed E-state index contributed by atoms with van der Waals surface area (Å²) in [6.45, 7) is 0. The van der Waals surface area contributed by atoms with Gasteiger partial charge in [-0.15, -0.1) is 0 Å². The van der Waals surface area contributed by atoms with Crippen LogP contribution in [0.15, 0.2) is 60.7 Å². The molecule has 3 aromatic rings. The van der Waals surface area contributed by atoms with Crippen LogP contribution in [0.3, 0.4) is 0 Å². The van der Waals surface area contributed by atoms with Gasteiger partial charge in [-0.2, -0.15) is 0 Å². The summed E-state index contributed by atoms with van der Waals surface area (Å²) in [5.74, 6) is 1.72. The summed E-state index contributed by atoms with van der Waals surface area (Å²) in [5, 5.41) is 1.17. The first kappa shape index (κ1) is 19.5. The molecule has 1 heterocycles. The highest BCUT2D eigenvalue weighted by molar-refractivity contribution is 5.99. The van der Waals surface area contributed by atoms with Crippen LogP contribution in [0.1, 0.15) is 64.9 Å². The maximum absolute atomic E-state index is 13.0. The molecule has 32 heavy (non-hydrogen) atoms. The number of fused-ring (bicyclic) bond motifs is 1. The van der Waals surface area contributed by atoms with Crippen molar-refractivity contribution in [3.8, 4) is 0 Å². The highest BCUT2D eigenvalue weighted by Crippen LogP contribution is 2.61. The van der Waals surface area contributed by atoms with Crippen molar-refractivity contribution in [3.05, 3.63) is 77.5 Å². The number of nitrogens with one attached hydrogen (secondary N) is 2. The highest BCUT2D eigenvalue weighted by Gasteiger charge is 2.52. The summed E-state index contributed by atoms with van der Waals surface area (Å²) in [5.41, 5.74) is 8.22. The Kier molecular flexibility index (Phi) is 4.53. The van der Waals surface area contributed by atoms with Gasteiger partial charge in [-0.05, 0) is 91.5 Å². The second kappa shape index (κ2) is 7.44. The molecule has 162 valence electrons. The van der Waals surface area contributed by atoms with Crippen LogP contribution in [0.4, 0.5) is 0 Å². The van der Waals surface area contributed by atoms with Gasteiger partial charge in [-0.1, -0.05) is 36.4 Å². The molecule has 5 heteroatoms. The zero-order valence-electron chi connectivity index (χ0n) is 18.0. The van der Waals surface area contributed by atoms with Gasteiger partial charge in [0.05, 0.1) is 5.52 Å². The van der Waals surface area contributed by atoms with Gasteiger partial charge in [0.2, 0.25) is 0 Å². The molecule has 7 rings (SSSR count). The summed E-state index contributed by atoms with van der Waals surface area (Å²) < 4.78 is 0. The number of carbonyl (C=O) groups excluding carboxylic acids is 2. The van der Waals surface area contributed by atoms with Crippen LogP contribution in [-0.2, 0) is 5.41 Å². The third-order valence-electron chi connectivity index (χ3n) is 7.88. The Morgan fingerprint density at radius 1 is 0.781 bits per heavy atom. The Morgan fingerprint density at radius 3 is 2.06 bits per heavy atom. The first-order chi connectivity index (χ1) is 15.6. The van der Waals surface area contributed by atoms with E-state index < -0.39 is 0 Å². The van der Waals surface area contributed by atoms with Gasteiger partial charge >= 0.3 is 0 Å². The smallest absolute Gasteiger partial charge is 0.267 e. The molecule has 2 amide bonds. The lowest BCUT2D eigenvalue weighted by atomic mass is 9.48. The molecule has 4 saturated carbocycles. The van der Waals surface area contributed by atoms with Gasteiger partial charge in [0.25, 0.3) is 11.8 Å². The molecule has 4 bridgehead atoms. The van der Waals surface area contributed by atoms with Gasteiger partial charge < -0.3 is 0 Å². The lowest BCUT2D eigenvalue weighted by molar-refractivity contribution is -0.00454. The number of hydrogen-bond donors (Lipinski definition) is 2. The Morgan fingerprint density at radius 2 is 1.38 bits per heavy atom. The minimum atomic E-state index is -0.383. The van der Waals surface area contributed by atoms with Crippen LogP contribution < -0.4 is 10.9 Å². The number of carbonyl (C=O) groups is 2. The third kappa shape index (κ3) is 3.27. The summed E-state index contributed by atoms with van der Waals surface area (Å²) >= 11 is 0. The van der Waals surface area contributed by atoms with Crippen molar-refractivity contribution in [1.29, 1.82) is 0 Å². The largest absolute Gasteiger partial charge is 0.288 e. The highest BCUT2D eigenvalue weighted by atomic mass is 16.2. The predicted octanol–water partition coefficient (Wildman–Crippen LogP) is 4.78. The van der Waals surface area contributed by atoms with Crippen LogP contribution in [-0.4, -0.2) is 16.8 Å². The molecular formula is C27H27N3O2. The number of amides is 2. The molecule has 4 aliphatic carbocycles. The Labute approximate surface area is 187 Å². The number of rotatable bonds is 3. The van der Waals surface area contributed by atoms with Crippen molar-refractivity contribution in [1.82, 2.24) is 15.8 Å². The van der Waals surface area contributed by atoms with Crippen molar-refractivity contribution in [2.45, 2.75) is 43.9 Å². The molecule has 2 aromatic carbocycles. The Balaban J connectivity index is 1.33. The van der Waals surface area contributed by atoms with E-state index >= 15 is 0 Å². The van der Waals surface area contributed by atoms with E-state index in [0.717, 1.165) is 23.3 Å². The van der Waals surface area contributed by atoms with E-state index in [0.29, 0.717) is 11.3 Å². The number of benzene rings is 2. The fourth-order valence-electron chi connectivity index (χ4n) is 7.01. The third-order valence-corrected chi connectivity index (χ3v) is 7.88. The monoisotopic (exact) mass is 425 g/mol. The number of pyridine rings is 1. The van der Waals surface area contributed by atoms with Crippen molar-refractivity contribution < 1.29 is 9.59 Å². The quantitative estimate of drug-likeness (QED) is 0.594. The number of para-hydroxylation sites is 1. The SMILES string of the molecule is O=C(NNC(=O)c1cc(C23CC4CC(CC(C4)C2)C3)c2ccccc2n1)c1ccccc1. The normalized spacial score (nSPS) is 27.9. The number of aromatic nitrogens is 1. The van der Waals surface area contributed by atoms with Crippen LogP contribution in [0.25, 0.3) is 10.9 Å². The topological polar surface area (TPSA) is 71.1 Å². The van der Waals surface area contributed by atoms with Gasteiger partial charge in [0.1, 0.15) is 5.69 Å². The zero-order valence-corrected chi connectivity index (χ0v) is 18.0. The van der Waals surface area contributed by atoms with Crippen LogP contribution in [0.2, 0.25) is 0 Å². The molecule has 4 fully saturated rings. The van der Waals surface area contributed by atoms with Crippen molar-refractivity contribution in [2.75, 3.05) is 0 Å². The standard InChI is InChI=1S/C27H27N3O2/c31-25(20-6-2-1-3-7-20)29-30-26(32)24-13-22(21-8-4-5-9-23(21)28-24)27-14-17-10-18(15-27)12-19(11-17)16-27/h1-9,13,17-19H,10-12,14-16H2,(H,29,31)(H,30,32). The Bertz CT molecular complexity index is 1170. The second-order valence-electron chi connectivity index (χ2n) is 10.0. The molecular weight excluding hydrogens is 398 g/mol. The minimum Gasteiger partial charge on any atom is -0.267 e. The molecule has 0 saturated heterocycles. The van der Waals surface area contributed by atoms with E-state index in [1.54, 1.807) is 24.3 Å². The van der Waals surface area contributed by atoms with Crippen molar-refractivity contribution >= 4 is 22.7 Å². The molecule has 0 atom stereocenters. The lowest BCUT2D eigenvalue weighted by Gasteiger charge is -2.57. The second-order valence-corrected chi connectivity index (χ2v) is 10.0. The van der Waals surface area contributed by atoms with Gasteiger partial charge in [-0.3, -0.25) is 20.4 Å². The number of hydrogen-bond acceptors (Lipinski definition) is 3. The summed E-state index contributed by atoms with van der Waals surface area (Å²) in [4.78, 5) is 30.0. The van der Waals surface area contributed by atoms with Crippen LogP contribution in [0.5, 0.6) is 0 Å². The minimum absolute atomic E-state index is 0.152. The number of nitrogens with zero attached hydrogens (tertiary/aromatic N) is 1. The fraction of sp³-hybridized carbons (Fsp3) is 0.370. The summed E-state index contributed by atoms with van der Waals surface area (Å²) in [6, 6.07) is 19.0. The maximum atomic E-state index is 13.0. The molecule has 0 unspecified atom stereocenters. The molecule has 0 spiro atoms. The first-order valence-corrected chi connectivity index (χ1v) is 11.7. The van der Waals surface area contributed by atoms with Crippen molar-refractivity contribution in [3.63, 3.8) is 0 Å². The maximum Gasteiger partial charge on any atom is 0.288 e. The van der Waals surface area contributed by atoms with Gasteiger partial charge in [-0.25, -0.2) is 4.98 Å². The average molecular weight is 426 g/mol. The van der Waals surface area contributed by atoms with Crippen LogP contribution >= 0.6 is 0 Å². The molecule has 1 aromatic heterocycles. The molecule has 2 N–H and O–H groups in total. The summed E-state index contributed by atoms with van der Waals surface area (Å²) in [6.07, 6.45) is 7.79.